The summed E-state index contributed by atoms with van der Waals surface area (Å²) in [5.41, 5.74) is 1.25. The van der Waals surface area contributed by atoms with Crippen molar-refractivity contribution in [1.82, 2.24) is 24.7 Å². The molecule has 7 nitrogen and oxygen atoms in total. The van der Waals surface area contributed by atoms with Crippen LogP contribution in [0.25, 0.3) is 0 Å². The first kappa shape index (κ1) is 24.5. The number of ether oxygens (including phenoxy) is 1. The van der Waals surface area contributed by atoms with Gasteiger partial charge < -0.3 is 24.4 Å². The normalized spacial score (nSPS) is 20.6. The van der Waals surface area contributed by atoms with Crippen LogP contribution in [-0.2, 0) is 0 Å². The maximum absolute atomic E-state index is 5.29. The molecule has 1 N–H and O–H groups in total. The number of aromatic nitrogens is 2. The molecule has 0 bridgehead atoms. The highest BCUT2D eigenvalue weighted by molar-refractivity contribution is 14.0. The van der Waals surface area contributed by atoms with E-state index in [1.54, 1.807) is 7.11 Å². The summed E-state index contributed by atoms with van der Waals surface area (Å²) in [5.74, 6) is 2.46. The summed E-state index contributed by atoms with van der Waals surface area (Å²) in [7, 11) is 7.78. The van der Waals surface area contributed by atoms with Gasteiger partial charge in [0.15, 0.2) is 5.96 Å². The van der Waals surface area contributed by atoms with Crippen molar-refractivity contribution < 1.29 is 4.74 Å². The Morgan fingerprint density at radius 3 is 2.63 bits per heavy atom. The number of hydrogen-bond donors (Lipinski definition) is 1. The number of likely N-dealkylation sites (N-methyl/N-ethyl adjacent to an activating group) is 1. The summed E-state index contributed by atoms with van der Waals surface area (Å²) < 4.78 is 7.52. The van der Waals surface area contributed by atoms with Gasteiger partial charge in [0.05, 0.1) is 25.5 Å². The second-order valence-corrected chi connectivity index (χ2v) is 7.97. The van der Waals surface area contributed by atoms with Crippen LogP contribution in [0, 0.1) is 5.92 Å². The predicted octanol–water partition coefficient (Wildman–Crippen LogP) is 3.27. The van der Waals surface area contributed by atoms with Crippen molar-refractivity contribution in [2.24, 2.45) is 10.9 Å². The number of piperidine rings is 1. The molecule has 1 aromatic carbocycles. The molecule has 3 unspecified atom stereocenters. The van der Waals surface area contributed by atoms with Gasteiger partial charge in [-0.1, -0.05) is 19.1 Å². The highest BCUT2D eigenvalue weighted by Crippen LogP contribution is 2.27. The second kappa shape index (κ2) is 11.5. The average Bonchev–Trinajstić information content (AvgIpc) is 3.26. The summed E-state index contributed by atoms with van der Waals surface area (Å²) in [5, 5.41) is 3.61. The molecule has 1 aliphatic rings. The molecule has 1 saturated heterocycles. The van der Waals surface area contributed by atoms with Crippen LogP contribution in [0.4, 0.5) is 0 Å². The molecule has 0 saturated carbocycles. The Kier molecular flexibility index (Phi) is 9.41. The van der Waals surface area contributed by atoms with E-state index < -0.39 is 0 Å². The van der Waals surface area contributed by atoms with E-state index in [1.165, 1.54) is 5.56 Å². The van der Waals surface area contributed by atoms with Crippen LogP contribution in [0.1, 0.15) is 31.0 Å². The van der Waals surface area contributed by atoms with Crippen LogP contribution >= 0.6 is 24.0 Å². The van der Waals surface area contributed by atoms with Crippen molar-refractivity contribution in [3.05, 3.63) is 48.5 Å². The molecule has 8 heteroatoms. The second-order valence-electron chi connectivity index (χ2n) is 7.97. The van der Waals surface area contributed by atoms with E-state index in [1.807, 2.05) is 31.7 Å². The zero-order chi connectivity index (χ0) is 20.8. The first-order chi connectivity index (χ1) is 14.0. The minimum absolute atomic E-state index is 0. The van der Waals surface area contributed by atoms with Crippen molar-refractivity contribution in [1.29, 1.82) is 0 Å². The summed E-state index contributed by atoms with van der Waals surface area (Å²) in [6, 6.07) is 8.95. The summed E-state index contributed by atoms with van der Waals surface area (Å²) in [6.45, 7) is 5.06. The monoisotopic (exact) mass is 526 g/mol. The van der Waals surface area contributed by atoms with Crippen molar-refractivity contribution >= 4 is 29.9 Å². The first-order valence-corrected chi connectivity index (χ1v) is 10.3. The molecule has 2 heterocycles. The number of likely N-dealkylation sites (tertiary alicyclic amines) is 1. The lowest BCUT2D eigenvalue weighted by atomic mass is 9.93. The molecule has 2 aromatic rings. The van der Waals surface area contributed by atoms with Gasteiger partial charge >= 0.3 is 0 Å². The number of halogens is 1. The van der Waals surface area contributed by atoms with Gasteiger partial charge in [-0.25, -0.2) is 4.98 Å². The van der Waals surface area contributed by atoms with Gasteiger partial charge in [0.25, 0.3) is 0 Å². The van der Waals surface area contributed by atoms with Gasteiger partial charge in [-0.15, -0.1) is 24.0 Å². The van der Waals surface area contributed by atoms with Crippen LogP contribution in [-0.4, -0.2) is 73.2 Å². The number of aliphatic imine (C=N–C) groups is 1. The first-order valence-electron chi connectivity index (χ1n) is 10.3. The van der Waals surface area contributed by atoms with Gasteiger partial charge in [0.1, 0.15) is 5.75 Å². The average molecular weight is 526 g/mol. The van der Waals surface area contributed by atoms with E-state index in [0.29, 0.717) is 12.0 Å². The van der Waals surface area contributed by atoms with Crippen molar-refractivity contribution in [2.45, 2.75) is 25.4 Å². The SMILES string of the molecule is CN=C(NCC(c1ccc(OC)cc1)N(C)C)N1CCC(C)C(n2ccnc2)C1.I. The van der Waals surface area contributed by atoms with E-state index in [-0.39, 0.29) is 30.0 Å². The molecular weight excluding hydrogens is 491 g/mol. The Morgan fingerprint density at radius 2 is 2.07 bits per heavy atom. The third kappa shape index (κ3) is 5.87. The molecule has 1 fully saturated rings. The molecule has 1 aliphatic heterocycles. The Labute approximate surface area is 197 Å². The molecule has 3 rings (SSSR count). The molecule has 3 atom stereocenters. The van der Waals surface area contributed by atoms with Crippen LogP contribution < -0.4 is 10.1 Å². The van der Waals surface area contributed by atoms with E-state index in [4.69, 9.17) is 4.74 Å². The zero-order valence-electron chi connectivity index (χ0n) is 18.7. The van der Waals surface area contributed by atoms with E-state index in [0.717, 1.165) is 37.8 Å². The van der Waals surface area contributed by atoms with E-state index in [2.05, 4.69) is 69.0 Å². The quantitative estimate of drug-likeness (QED) is 0.356. The molecule has 0 spiro atoms. The maximum atomic E-state index is 5.29. The topological polar surface area (TPSA) is 57.9 Å². The van der Waals surface area contributed by atoms with Crippen LogP contribution in [0.3, 0.4) is 0 Å². The largest absolute Gasteiger partial charge is 0.497 e. The minimum atomic E-state index is 0. The highest BCUT2D eigenvalue weighted by Gasteiger charge is 2.29. The Balaban J connectivity index is 0.00000320. The van der Waals surface area contributed by atoms with E-state index >= 15 is 0 Å². The van der Waals surface area contributed by atoms with Crippen molar-refractivity contribution in [2.75, 3.05) is 47.9 Å². The molecule has 30 heavy (non-hydrogen) atoms. The number of nitrogens with zero attached hydrogens (tertiary/aromatic N) is 5. The smallest absolute Gasteiger partial charge is 0.193 e. The fraction of sp³-hybridized carbons (Fsp3) is 0.545. The van der Waals surface area contributed by atoms with Gasteiger partial charge in [0.2, 0.25) is 0 Å². The number of nitrogens with one attached hydrogen (secondary N) is 1. The van der Waals surface area contributed by atoms with Crippen LogP contribution in [0.2, 0.25) is 0 Å². The number of imidazole rings is 1. The number of guanidine groups is 1. The lowest BCUT2D eigenvalue weighted by molar-refractivity contribution is 0.187. The maximum Gasteiger partial charge on any atom is 0.193 e. The standard InChI is InChI=1S/C22H34N6O.HI/c1-17-10-12-27(15-21(17)28-13-11-24-16-28)22(23-2)25-14-20(26(3)4)18-6-8-19(29-5)9-7-18;/h6-9,11,13,16-17,20-21H,10,12,14-15H2,1-5H3,(H,23,25);1H. The fourth-order valence-electron chi connectivity index (χ4n) is 4.04. The van der Waals surface area contributed by atoms with Crippen molar-refractivity contribution in [3.63, 3.8) is 0 Å². The van der Waals surface area contributed by atoms with Gasteiger partial charge in [-0.2, -0.15) is 0 Å². The summed E-state index contributed by atoms with van der Waals surface area (Å²) in [6.07, 6.45) is 6.98. The van der Waals surface area contributed by atoms with Crippen LogP contribution in [0.15, 0.2) is 48.0 Å². The fourth-order valence-corrected chi connectivity index (χ4v) is 4.04. The lowest BCUT2D eigenvalue weighted by Gasteiger charge is -2.39. The van der Waals surface area contributed by atoms with Crippen molar-refractivity contribution in [3.8, 4) is 5.75 Å². The number of hydrogen-bond acceptors (Lipinski definition) is 4. The molecular formula is C22H35IN6O. The third-order valence-corrected chi connectivity index (χ3v) is 5.92. The lowest BCUT2D eigenvalue weighted by Crippen LogP contribution is -2.50. The summed E-state index contributed by atoms with van der Waals surface area (Å²) >= 11 is 0. The Hall–Kier alpha value is -1.81. The molecule has 0 radical (unpaired) electrons. The molecule has 1 aromatic heterocycles. The van der Waals surface area contributed by atoms with E-state index in [9.17, 15) is 0 Å². The Bertz CT molecular complexity index is 777. The van der Waals surface area contributed by atoms with Crippen LogP contribution in [0.5, 0.6) is 5.75 Å². The molecule has 0 amide bonds. The molecule has 0 aliphatic carbocycles. The number of rotatable bonds is 6. The number of benzene rings is 1. The molecule has 166 valence electrons. The van der Waals surface area contributed by atoms with Gasteiger partial charge in [0, 0.05) is 39.1 Å². The van der Waals surface area contributed by atoms with Gasteiger partial charge in [-0.05, 0) is 44.1 Å². The third-order valence-electron chi connectivity index (χ3n) is 5.92. The Morgan fingerprint density at radius 1 is 1.33 bits per heavy atom. The van der Waals surface area contributed by atoms with Gasteiger partial charge in [-0.3, -0.25) is 4.99 Å². The number of methoxy groups -OCH3 is 1. The summed E-state index contributed by atoms with van der Waals surface area (Å²) in [4.78, 5) is 13.4. The minimum Gasteiger partial charge on any atom is -0.497 e. The predicted molar refractivity (Wildman–Crippen MR) is 133 cm³/mol. The highest BCUT2D eigenvalue weighted by atomic mass is 127. The zero-order valence-corrected chi connectivity index (χ0v) is 21.0.